The van der Waals surface area contributed by atoms with Crippen LogP contribution in [-0.4, -0.2) is 22.6 Å². The number of aryl methyl sites for hydroxylation is 2. The number of nitro groups is 1. The molecule has 0 saturated heterocycles. The fourth-order valence-corrected chi connectivity index (χ4v) is 3.02. The predicted molar refractivity (Wildman–Crippen MR) is 102 cm³/mol. The smallest absolute Gasteiger partial charge is 0.280 e. The van der Waals surface area contributed by atoms with E-state index in [0.717, 1.165) is 18.4 Å². The van der Waals surface area contributed by atoms with Crippen molar-refractivity contribution in [3.63, 3.8) is 0 Å². The normalized spacial score (nSPS) is 14.4. The number of carbonyl (C=O) groups is 1. The lowest BCUT2D eigenvalue weighted by molar-refractivity contribution is -0.384. The third-order valence-electron chi connectivity index (χ3n) is 4.56. The number of nitrogens with one attached hydrogen (secondary N) is 1. The molecule has 0 unspecified atom stereocenters. The second-order valence-corrected chi connectivity index (χ2v) is 6.52. The van der Waals surface area contributed by atoms with Crippen LogP contribution in [0.5, 0.6) is 5.75 Å². The third-order valence-corrected chi connectivity index (χ3v) is 4.56. The molecule has 3 rings (SSSR count). The number of benzene rings is 2. The van der Waals surface area contributed by atoms with Gasteiger partial charge < -0.3 is 4.74 Å². The summed E-state index contributed by atoms with van der Waals surface area (Å²) in [5.74, 6) is -0.173. The van der Waals surface area contributed by atoms with Gasteiger partial charge >= 0.3 is 0 Å². The van der Waals surface area contributed by atoms with Crippen LogP contribution in [-0.2, 0) is 17.6 Å². The fraction of sp³-hybridized carbons (Fsp3) is 0.300. The van der Waals surface area contributed by atoms with E-state index in [1.54, 1.807) is 13.0 Å². The number of nitrogens with zero attached hydrogens (tertiary/aromatic N) is 2. The number of fused-ring (bicyclic) bond motifs is 1. The number of hydrazone groups is 1. The van der Waals surface area contributed by atoms with E-state index >= 15 is 0 Å². The minimum absolute atomic E-state index is 0.0921. The number of hydrogen-bond acceptors (Lipinski definition) is 5. The summed E-state index contributed by atoms with van der Waals surface area (Å²) < 4.78 is 5.48. The highest BCUT2D eigenvalue weighted by atomic mass is 16.6. The van der Waals surface area contributed by atoms with Crippen LogP contribution >= 0.6 is 0 Å². The minimum Gasteiger partial charge on any atom is -0.481 e. The summed E-state index contributed by atoms with van der Waals surface area (Å²) >= 11 is 0. The van der Waals surface area contributed by atoms with Gasteiger partial charge in [0.05, 0.1) is 16.7 Å². The van der Waals surface area contributed by atoms with Gasteiger partial charge in [-0.3, -0.25) is 14.9 Å². The second-order valence-electron chi connectivity index (χ2n) is 6.52. The van der Waals surface area contributed by atoms with Gasteiger partial charge in [-0.2, -0.15) is 5.10 Å². The molecule has 1 amide bonds. The van der Waals surface area contributed by atoms with E-state index in [0.29, 0.717) is 5.71 Å². The largest absolute Gasteiger partial charge is 0.481 e. The lowest BCUT2D eigenvalue weighted by Crippen LogP contribution is -2.33. The van der Waals surface area contributed by atoms with E-state index in [9.17, 15) is 14.9 Å². The predicted octanol–water partition coefficient (Wildman–Crippen LogP) is 3.39. The molecule has 0 heterocycles. The summed E-state index contributed by atoms with van der Waals surface area (Å²) in [6, 6.07) is 12.0. The Balaban J connectivity index is 1.61. The number of nitro benzene ring substituents is 1. The first-order valence-corrected chi connectivity index (χ1v) is 8.81. The number of hydrogen-bond donors (Lipinski definition) is 1. The Bertz CT molecular complexity index is 908. The monoisotopic (exact) mass is 367 g/mol. The molecule has 1 atom stereocenters. The molecular formula is C20H21N3O4. The summed E-state index contributed by atoms with van der Waals surface area (Å²) in [6.45, 7) is 3.40. The van der Waals surface area contributed by atoms with Crippen molar-refractivity contribution in [2.45, 2.75) is 39.2 Å². The summed E-state index contributed by atoms with van der Waals surface area (Å²) in [6.07, 6.45) is 2.54. The molecule has 0 fully saturated rings. The first kappa shape index (κ1) is 18.6. The van der Waals surface area contributed by atoms with Gasteiger partial charge in [0.15, 0.2) is 6.10 Å². The number of carbonyl (C=O) groups excluding carboxylic acids is 1. The van der Waals surface area contributed by atoms with Crippen molar-refractivity contribution in [2.75, 3.05) is 0 Å². The topological polar surface area (TPSA) is 93.8 Å². The van der Waals surface area contributed by atoms with E-state index in [1.165, 1.54) is 35.7 Å². The summed E-state index contributed by atoms with van der Waals surface area (Å²) in [7, 11) is 0. The van der Waals surface area contributed by atoms with Crippen molar-refractivity contribution < 1.29 is 14.5 Å². The van der Waals surface area contributed by atoms with Gasteiger partial charge in [-0.15, -0.1) is 0 Å². The van der Waals surface area contributed by atoms with Crippen LogP contribution < -0.4 is 10.2 Å². The maximum atomic E-state index is 12.2. The maximum absolute atomic E-state index is 12.2. The molecule has 0 aliphatic heterocycles. The van der Waals surface area contributed by atoms with Gasteiger partial charge in [-0.25, -0.2) is 5.43 Å². The first-order valence-electron chi connectivity index (χ1n) is 8.81. The highest BCUT2D eigenvalue weighted by molar-refractivity contribution is 5.99. The highest BCUT2D eigenvalue weighted by Gasteiger charge is 2.16. The second kappa shape index (κ2) is 7.99. The van der Waals surface area contributed by atoms with Gasteiger partial charge in [0.2, 0.25) is 0 Å². The van der Waals surface area contributed by atoms with Crippen LogP contribution in [0.1, 0.15) is 37.0 Å². The lowest BCUT2D eigenvalue weighted by Gasteiger charge is -2.13. The summed E-state index contributed by atoms with van der Waals surface area (Å²) in [4.78, 5) is 22.5. The van der Waals surface area contributed by atoms with Crippen molar-refractivity contribution in [2.24, 2.45) is 5.10 Å². The van der Waals surface area contributed by atoms with E-state index in [-0.39, 0.29) is 11.4 Å². The minimum atomic E-state index is -0.844. The van der Waals surface area contributed by atoms with Crippen molar-refractivity contribution in [1.29, 1.82) is 0 Å². The van der Waals surface area contributed by atoms with Gasteiger partial charge in [0.25, 0.3) is 11.6 Å². The Kier molecular flexibility index (Phi) is 5.49. The molecule has 7 heteroatoms. The number of rotatable bonds is 6. The zero-order valence-corrected chi connectivity index (χ0v) is 15.3. The molecule has 1 N–H and O–H groups in total. The van der Waals surface area contributed by atoms with Gasteiger partial charge in [-0.1, -0.05) is 18.2 Å². The first-order chi connectivity index (χ1) is 12.9. The van der Waals surface area contributed by atoms with Crippen LogP contribution in [0.25, 0.3) is 0 Å². The molecule has 140 valence electrons. The molecule has 2 aromatic rings. The summed E-state index contributed by atoms with van der Waals surface area (Å²) in [5, 5.41) is 15.0. The average Bonchev–Trinajstić information content (AvgIpc) is 3.13. The molecule has 0 saturated carbocycles. The van der Waals surface area contributed by atoms with Gasteiger partial charge in [-0.05, 0) is 61.9 Å². The van der Waals surface area contributed by atoms with E-state index in [4.69, 9.17) is 4.74 Å². The Hall–Kier alpha value is -3.22. The maximum Gasteiger partial charge on any atom is 0.280 e. The zero-order chi connectivity index (χ0) is 19.4. The fourth-order valence-electron chi connectivity index (χ4n) is 3.02. The molecule has 1 aliphatic rings. The summed E-state index contributed by atoms with van der Waals surface area (Å²) in [5.41, 5.74) is 6.82. The SMILES string of the molecule is CC(=NNC(=O)[C@@H](C)Oc1cccc([N+](=O)[O-])c1)c1ccc2c(c1)CCC2. The quantitative estimate of drug-likeness (QED) is 0.481. The average molecular weight is 367 g/mol. The van der Waals surface area contributed by atoms with Crippen molar-refractivity contribution in [3.05, 3.63) is 69.3 Å². The van der Waals surface area contributed by atoms with E-state index < -0.39 is 16.9 Å². The number of ether oxygens (including phenoxy) is 1. The van der Waals surface area contributed by atoms with Crippen molar-refractivity contribution in [1.82, 2.24) is 5.43 Å². The molecular weight excluding hydrogens is 346 g/mol. The van der Waals surface area contributed by atoms with Crippen LogP contribution in [0.4, 0.5) is 5.69 Å². The number of non-ortho nitro benzene ring substituents is 1. The molecule has 0 aromatic heterocycles. The Morgan fingerprint density at radius 1 is 1.22 bits per heavy atom. The lowest BCUT2D eigenvalue weighted by atomic mass is 10.0. The van der Waals surface area contributed by atoms with E-state index in [2.05, 4.69) is 22.7 Å². The van der Waals surface area contributed by atoms with Crippen LogP contribution in [0.15, 0.2) is 47.6 Å². The molecule has 0 bridgehead atoms. The Morgan fingerprint density at radius 3 is 2.78 bits per heavy atom. The van der Waals surface area contributed by atoms with Gasteiger partial charge in [0.1, 0.15) is 5.75 Å². The van der Waals surface area contributed by atoms with E-state index in [1.807, 2.05) is 13.0 Å². The van der Waals surface area contributed by atoms with Crippen LogP contribution in [0.2, 0.25) is 0 Å². The molecule has 27 heavy (non-hydrogen) atoms. The third kappa shape index (κ3) is 4.49. The van der Waals surface area contributed by atoms with Crippen LogP contribution in [0, 0.1) is 10.1 Å². The zero-order valence-electron chi connectivity index (χ0n) is 15.3. The van der Waals surface area contributed by atoms with Crippen LogP contribution in [0.3, 0.4) is 0 Å². The standard InChI is InChI=1S/C20H21N3O4/c1-13(16-10-9-15-5-3-6-17(15)11-16)21-22-20(24)14(2)27-19-8-4-7-18(12-19)23(25)26/h4,7-12,14H,3,5-6H2,1-2H3,(H,22,24)/t14-/m1/s1. The van der Waals surface area contributed by atoms with Crippen molar-refractivity contribution >= 4 is 17.3 Å². The molecule has 2 aromatic carbocycles. The molecule has 0 radical (unpaired) electrons. The molecule has 7 nitrogen and oxygen atoms in total. The highest BCUT2D eigenvalue weighted by Crippen LogP contribution is 2.23. The number of amides is 1. The van der Waals surface area contributed by atoms with Crippen molar-refractivity contribution in [3.8, 4) is 5.75 Å². The van der Waals surface area contributed by atoms with Gasteiger partial charge in [0, 0.05) is 6.07 Å². The molecule has 1 aliphatic carbocycles. The molecule has 0 spiro atoms. The Labute approximate surface area is 157 Å². The Morgan fingerprint density at radius 2 is 2.00 bits per heavy atom.